The van der Waals surface area contributed by atoms with Gasteiger partial charge in [0.1, 0.15) is 4.83 Å². The zero-order chi connectivity index (χ0) is 16.0. The van der Waals surface area contributed by atoms with E-state index in [2.05, 4.69) is 29.4 Å². The molecule has 1 aliphatic carbocycles. The van der Waals surface area contributed by atoms with Crippen molar-refractivity contribution in [2.24, 2.45) is 5.73 Å². The maximum Gasteiger partial charge on any atom is 0.224 e. The molecule has 3 aromatic rings. The summed E-state index contributed by atoms with van der Waals surface area (Å²) >= 11 is 1.56. The van der Waals surface area contributed by atoms with E-state index in [9.17, 15) is 0 Å². The van der Waals surface area contributed by atoms with E-state index in [4.69, 9.17) is 16.5 Å². The van der Waals surface area contributed by atoms with Crippen molar-refractivity contribution in [3.05, 3.63) is 34.7 Å². The van der Waals surface area contributed by atoms with Crippen LogP contribution in [0.25, 0.3) is 21.5 Å². The van der Waals surface area contributed by atoms with Crippen LogP contribution in [0.4, 0.5) is 11.6 Å². The Labute approximate surface area is 138 Å². The fraction of sp³-hybridized carbons (Fsp3) is 0.294. The Balaban J connectivity index is 1.98. The van der Waals surface area contributed by atoms with Gasteiger partial charge in [-0.2, -0.15) is 0 Å². The van der Waals surface area contributed by atoms with Crippen LogP contribution < -0.4 is 16.8 Å². The molecule has 1 aromatic carbocycles. The predicted octanol–water partition coefficient (Wildman–Crippen LogP) is 3.28. The van der Waals surface area contributed by atoms with Gasteiger partial charge in [-0.15, -0.1) is 11.3 Å². The first kappa shape index (κ1) is 14.4. The molecule has 0 amide bonds. The average Bonchev–Trinajstić information content (AvgIpc) is 3.30. The molecule has 0 unspecified atom stereocenters. The number of thiophene rings is 1. The van der Waals surface area contributed by atoms with Crippen LogP contribution in [-0.2, 0) is 6.54 Å². The fourth-order valence-electron chi connectivity index (χ4n) is 2.73. The Bertz CT molecular complexity index is 882. The van der Waals surface area contributed by atoms with Crippen LogP contribution in [0.2, 0.25) is 0 Å². The van der Waals surface area contributed by atoms with E-state index in [-0.39, 0.29) is 0 Å². The number of nitrogens with two attached hydrogens (primary N) is 2. The number of fused-ring (bicyclic) bond motifs is 1. The standard InChI is InChI=1S/C17H19N5S/c1-9-4-2-3-5-11(9)15-13-14(19)12(8-18)23-16(13)22-17(21-15)20-10-6-7-10/h2-5,10H,6-8,18-19H2,1H3,(H,20,21,22). The average molecular weight is 325 g/mol. The second-order valence-electron chi connectivity index (χ2n) is 5.95. The number of hydrogen-bond acceptors (Lipinski definition) is 6. The van der Waals surface area contributed by atoms with Crippen LogP contribution in [0.5, 0.6) is 0 Å². The highest BCUT2D eigenvalue weighted by Gasteiger charge is 2.24. The number of rotatable bonds is 4. The summed E-state index contributed by atoms with van der Waals surface area (Å²) in [5, 5.41) is 4.32. The van der Waals surface area contributed by atoms with E-state index in [1.165, 1.54) is 18.4 Å². The summed E-state index contributed by atoms with van der Waals surface area (Å²) in [5.74, 6) is 0.683. The zero-order valence-corrected chi connectivity index (χ0v) is 13.8. The largest absolute Gasteiger partial charge is 0.397 e. The highest BCUT2D eigenvalue weighted by atomic mass is 32.1. The summed E-state index contributed by atoms with van der Waals surface area (Å²) in [7, 11) is 0. The summed E-state index contributed by atoms with van der Waals surface area (Å²) in [5.41, 5.74) is 16.0. The van der Waals surface area contributed by atoms with Crippen molar-refractivity contribution in [3.63, 3.8) is 0 Å². The summed E-state index contributed by atoms with van der Waals surface area (Å²) in [6, 6.07) is 8.73. The van der Waals surface area contributed by atoms with E-state index in [0.29, 0.717) is 24.2 Å². The molecule has 2 aromatic heterocycles. The lowest BCUT2D eigenvalue weighted by molar-refractivity contribution is 1.08. The lowest BCUT2D eigenvalue weighted by atomic mass is 10.0. The number of nitrogens with one attached hydrogen (secondary N) is 1. The Morgan fingerprint density at radius 3 is 2.74 bits per heavy atom. The smallest absolute Gasteiger partial charge is 0.224 e. The van der Waals surface area contributed by atoms with Crippen molar-refractivity contribution in [3.8, 4) is 11.3 Å². The topological polar surface area (TPSA) is 89.8 Å². The highest BCUT2D eigenvalue weighted by molar-refractivity contribution is 7.19. The van der Waals surface area contributed by atoms with Crippen molar-refractivity contribution < 1.29 is 0 Å². The quantitative estimate of drug-likeness (QED) is 0.685. The molecular weight excluding hydrogens is 306 g/mol. The minimum atomic E-state index is 0.422. The van der Waals surface area contributed by atoms with Gasteiger partial charge < -0.3 is 16.8 Å². The molecule has 0 spiro atoms. The van der Waals surface area contributed by atoms with Gasteiger partial charge in [0.05, 0.1) is 16.8 Å². The molecule has 1 fully saturated rings. The lowest BCUT2D eigenvalue weighted by Crippen LogP contribution is -2.06. The molecule has 5 N–H and O–H groups in total. The van der Waals surface area contributed by atoms with Gasteiger partial charge in [0.25, 0.3) is 0 Å². The Morgan fingerprint density at radius 2 is 2.04 bits per heavy atom. The van der Waals surface area contributed by atoms with Gasteiger partial charge in [-0.1, -0.05) is 24.3 Å². The molecule has 0 saturated heterocycles. The van der Waals surface area contributed by atoms with Crippen molar-refractivity contribution in [1.82, 2.24) is 9.97 Å². The zero-order valence-electron chi connectivity index (χ0n) is 13.0. The minimum absolute atomic E-state index is 0.422. The van der Waals surface area contributed by atoms with Crippen LogP contribution in [0.3, 0.4) is 0 Å². The van der Waals surface area contributed by atoms with E-state index >= 15 is 0 Å². The molecule has 0 aliphatic heterocycles. The van der Waals surface area contributed by atoms with Gasteiger partial charge >= 0.3 is 0 Å². The number of aryl methyl sites for hydroxylation is 1. The predicted molar refractivity (Wildman–Crippen MR) is 96.5 cm³/mol. The third kappa shape index (κ3) is 2.54. The van der Waals surface area contributed by atoms with Crippen LogP contribution in [0.1, 0.15) is 23.3 Å². The second-order valence-corrected chi connectivity index (χ2v) is 7.04. The number of nitrogens with zero attached hydrogens (tertiary/aromatic N) is 2. The van der Waals surface area contributed by atoms with E-state index in [1.807, 2.05) is 12.1 Å². The molecule has 5 nitrogen and oxygen atoms in total. The number of benzene rings is 1. The van der Waals surface area contributed by atoms with Gasteiger partial charge in [0, 0.05) is 23.0 Å². The molecule has 1 aliphatic rings. The van der Waals surface area contributed by atoms with E-state index < -0.39 is 0 Å². The summed E-state index contributed by atoms with van der Waals surface area (Å²) in [4.78, 5) is 11.3. The fourth-order valence-corrected chi connectivity index (χ4v) is 3.70. The van der Waals surface area contributed by atoms with Gasteiger partial charge in [0.15, 0.2) is 0 Å². The van der Waals surface area contributed by atoms with Crippen LogP contribution >= 0.6 is 11.3 Å². The third-order valence-corrected chi connectivity index (χ3v) is 5.28. The number of nitrogen functional groups attached to an aromatic ring is 1. The van der Waals surface area contributed by atoms with Crippen molar-refractivity contribution in [2.45, 2.75) is 32.4 Å². The molecule has 118 valence electrons. The maximum absolute atomic E-state index is 6.33. The summed E-state index contributed by atoms with van der Waals surface area (Å²) in [6.07, 6.45) is 2.36. The van der Waals surface area contributed by atoms with Crippen LogP contribution in [0, 0.1) is 6.92 Å². The van der Waals surface area contributed by atoms with E-state index in [0.717, 1.165) is 26.4 Å². The first-order valence-electron chi connectivity index (χ1n) is 7.79. The molecule has 0 radical (unpaired) electrons. The maximum atomic E-state index is 6.33. The van der Waals surface area contributed by atoms with E-state index in [1.54, 1.807) is 11.3 Å². The SMILES string of the molecule is Cc1ccccc1-c1nc(NC2CC2)nc2sc(CN)c(N)c12. The first-order valence-corrected chi connectivity index (χ1v) is 8.60. The van der Waals surface area contributed by atoms with Crippen molar-refractivity contribution in [2.75, 3.05) is 11.1 Å². The van der Waals surface area contributed by atoms with Gasteiger partial charge in [-0.05, 0) is 25.3 Å². The van der Waals surface area contributed by atoms with Gasteiger partial charge in [-0.3, -0.25) is 0 Å². The first-order chi connectivity index (χ1) is 11.2. The molecule has 23 heavy (non-hydrogen) atoms. The molecule has 0 atom stereocenters. The number of aromatic nitrogens is 2. The van der Waals surface area contributed by atoms with Crippen LogP contribution in [0.15, 0.2) is 24.3 Å². The summed E-state index contributed by atoms with van der Waals surface area (Å²) < 4.78 is 0. The van der Waals surface area contributed by atoms with Crippen molar-refractivity contribution in [1.29, 1.82) is 0 Å². The Morgan fingerprint density at radius 1 is 1.26 bits per heavy atom. The minimum Gasteiger partial charge on any atom is -0.397 e. The molecular formula is C17H19N5S. The van der Waals surface area contributed by atoms with Crippen molar-refractivity contribution >= 4 is 33.2 Å². The Kier molecular flexibility index (Phi) is 3.43. The molecule has 6 heteroatoms. The third-order valence-electron chi connectivity index (χ3n) is 4.16. The second kappa shape index (κ2) is 5.47. The highest BCUT2D eigenvalue weighted by Crippen LogP contribution is 2.40. The normalized spacial score (nSPS) is 14.3. The Hall–Kier alpha value is -2.18. The van der Waals surface area contributed by atoms with Gasteiger partial charge in [0.2, 0.25) is 5.95 Å². The molecule has 0 bridgehead atoms. The van der Waals surface area contributed by atoms with Gasteiger partial charge in [-0.25, -0.2) is 9.97 Å². The molecule has 2 heterocycles. The lowest BCUT2D eigenvalue weighted by Gasteiger charge is -2.10. The number of anilines is 2. The van der Waals surface area contributed by atoms with Crippen LogP contribution in [-0.4, -0.2) is 16.0 Å². The molecule has 1 saturated carbocycles. The monoisotopic (exact) mass is 325 g/mol. The summed E-state index contributed by atoms with van der Waals surface area (Å²) in [6.45, 7) is 2.51. The number of hydrogen-bond donors (Lipinski definition) is 3. The molecule has 4 rings (SSSR count).